The van der Waals surface area contributed by atoms with E-state index in [0.717, 1.165) is 32.4 Å². The molecule has 0 spiro atoms. The Labute approximate surface area is 736 Å². The number of oxazole rings is 2. The van der Waals surface area contributed by atoms with Crippen molar-refractivity contribution in [3.8, 4) is 0 Å². The molecule has 3 atom stereocenters. The molecule has 0 saturated carbocycles. The maximum absolute atomic E-state index is 11.4. The Kier molecular flexibility index (Phi) is 92.3. The number of carbonyl (C=O) groups is 8. The normalized spacial score (nSPS) is 11.5. The fourth-order valence-corrected chi connectivity index (χ4v) is 8.04. The van der Waals surface area contributed by atoms with E-state index in [2.05, 4.69) is 123 Å². The van der Waals surface area contributed by atoms with E-state index in [4.69, 9.17) is 53.3 Å². The number of hydrogen-bond acceptors (Lipinski definition) is 35. The molecule has 0 aliphatic rings. The first-order valence-corrected chi connectivity index (χ1v) is 46.8. The van der Waals surface area contributed by atoms with Crippen LogP contribution in [0.1, 0.15) is 134 Å². The van der Waals surface area contributed by atoms with Crippen molar-refractivity contribution < 1.29 is 177 Å². The van der Waals surface area contributed by atoms with Crippen LogP contribution in [0.15, 0.2) is 25.8 Å². The number of hydrogen-bond donors (Lipinski definition) is 4. The third-order valence-corrected chi connectivity index (χ3v) is 15.6. The molecule has 2 heterocycles. The van der Waals surface area contributed by atoms with Gasteiger partial charge in [0.1, 0.15) is 17.1 Å². The van der Waals surface area contributed by atoms with Gasteiger partial charge in [0.2, 0.25) is 6.09 Å². The number of Topliss-reactive ketones (excluding diaryl/α,β-unsaturated/α-hetero) is 1. The van der Waals surface area contributed by atoms with E-state index < -0.39 is 110 Å². The van der Waals surface area contributed by atoms with Crippen molar-refractivity contribution in [2.24, 2.45) is 11.7 Å². The number of rotatable bonds is 32. The van der Waals surface area contributed by atoms with Gasteiger partial charge in [0.15, 0.2) is 29.1 Å². The topological polar surface area (TPSA) is 463 Å². The molecular formula is C68H130Cl4F6N11O26S2Zn2-. The second kappa shape index (κ2) is 80.1. The predicted octanol–water partition coefficient (Wildman–Crippen LogP) is 9.27. The van der Waals surface area contributed by atoms with Crippen molar-refractivity contribution in [1.82, 2.24) is 44.3 Å². The van der Waals surface area contributed by atoms with Gasteiger partial charge in [-0.2, -0.15) is 43.2 Å². The number of nitrogens with zero attached hydrogens (tertiary/aromatic N) is 9. The van der Waals surface area contributed by atoms with Gasteiger partial charge in [0.05, 0.1) is 61.3 Å². The molecule has 0 radical (unpaired) electrons. The molecule has 0 aromatic carbocycles. The van der Waals surface area contributed by atoms with Gasteiger partial charge in [-0.1, -0.05) is 54.7 Å². The first-order valence-electron chi connectivity index (χ1n) is 35.4. The van der Waals surface area contributed by atoms with Crippen LogP contribution >= 0.6 is 42.6 Å². The van der Waals surface area contributed by atoms with Gasteiger partial charge in [-0.05, 0) is 167 Å². The average Bonchev–Trinajstić information content (AvgIpc) is 1.77. The minimum atomic E-state index is -6.85. The number of ether oxygens (including phenoxy) is 8. The SMILES string of the molecule is CCC(=O)OC.CCN(CC)CC.CCN(CC)CC.COC(=O)C(C)C(O)CCN(C)C.COC(=O)C(N)C(=O)CCN(C)C.COC(=O)c1[nH]c(=O)oc1CCN(C)C.COC(=O)c1nc(C)oc1CCN(C)C.COC(O)=C[N-]C(=O)OC(C)(C)C.COCCN(C)C.O=C(Cl)Cl.O=S(=O)(OS(=O)(=O)C(F)(F)F)C(F)(F)F.[Cl][Zn][Cl].[Zn]. The summed E-state index contributed by atoms with van der Waals surface area (Å²) >= 11 is 7.87. The van der Waals surface area contributed by atoms with E-state index in [1.807, 2.05) is 93.7 Å². The van der Waals surface area contributed by atoms with Crippen molar-refractivity contribution in [1.29, 1.82) is 0 Å². The van der Waals surface area contributed by atoms with Crippen LogP contribution in [0.2, 0.25) is 0 Å². The number of esters is 5. The number of H-pyrrole nitrogens is 1. The quantitative estimate of drug-likeness (QED) is 0.00774. The Morgan fingerprint density at radius 2 is 0.992 bits per heavy atom. The Morgan fingerprint density at radius 1 is 0.613 bits per heavy atom. The predicted molar refractivity (Wildman–Crippen MR) is 433 cm³/mol. The Balaban J connectivity index is -0.000000121. The summed E-state index contributed by atoms with van der Waals surface area (Å²) in [5.74, 6) is -2.61. The molecule has 700 valence electrons. The van der Waals surface area contributed by atoms with Crippen molar-refractivity contribution in [2.75, 3.05) is 199 Å². The van der Waals surface area contributed by atoms with Crippen LogP contribution in [-0.2, 0) is 128 Å². The number of alkyl halides is 6. The molecule has 0 saturated heterocycles. The third kappa shape index (κ3) is 86.3. The number of nitrogens with one attached hydrogen (secondary N) is 1. The summed E-state index contributed by atoms with van der Waals surface area (Å²) in [5.41, 5.74) is -7.40. The molecule has 2 rings (SSSR count). The fraction of sp³-hybridized carbons (Fsp3) is 0.765. The number of aliphatic hydroxyl groups excluding tert-OH is 2. The van der Waals surface area contributed by atoms with Crippen molar-refractivity contribution in [3.63, 3.8) is 0 Å². The number of nitrogens with two attached hydrogens (primary N) is 1. The van der Waals surface area contributed by atoms with E-state index >= 15 is 0 Å². The Morgan fingerprint density at radius 3 is 1.27 bits per heavy atom. The number of halogens is 10. The maximum Gasteiger partial charge on any atom is 0 e. The molecule has 3 unspecified atom stereocenters. The molecule has 1 amide bonds. The molecule has 2 aromatic rings. The molecule has 0 fully saturated rings. The van der Waals surface area contributed by atoms with E-state index in [0.29, 0.717) is 56.2 Å². The van der Waals surface area contributed by atoms with Crippen molar-refractivity contribution in [3.05, 3.63) is 56.8 Å². The molecule has 0 bridgehead atoms. The summed E-state index contributed by atoms with van der Waals surface area (Å²) in [6, 6.07) is -1.13. The molecule has 0 aliphatic carbocycles. The van der Waals surface area contributed by atoms with E-state index in [1.54, 1.807) is 48.7 Å². The summed E-state index contributed by atoms with van der Waals surface area (Å²) in [6.07, 6.45) is 1.96. The van der Waals surface area contributed by atoms with Crippen LogP contribution in [0.3, 0.4) is 0 Å². The third-order valence-electron chi connectivity index (χ3n) is 13.1. The van der Waals surface area contributed by atoms with Gasteiger partial charge >= 0.3 is 106 Å². The number of amides is 1. The Bertz CT molecular complexity index is 3210. The summed E-state index contributed by atoms with van der Waals surface area (Å²) in [6.45, 7) is 35.2. The number of aryl methyl sites for hydroxylation is 1. The number of aliphatic hydroxyl groups is 2. The summed E-state index contributed by atoms with van der Waals surface area (Å²) in [7, 11) is 25.0. The first-order chi connectivity index (χ1) is 54.0. The van der Waals surface area contributed by atoms with E-state index in [-0.39, 0.29) is 55.0 Å². The molecule has 119 heavy (non-hydrogen) atoms. The smallest absolute Gasteiger partial charge is 0 e. The van der Waals surface area contributed by atoms with Crippen LogP contribution in [0.25, 0.3) is 5.32 Å². The zero-order chi connectivity index (χ0) is 95.3. The minimum Gasteiger partial charge on any atom is 0 e. The first kappa shape index (κ1) is 137. The van der Waals surface area contributed by atoms with Crippen molar-refractivity contribution >= 4 is 109 Å². The van der Waals surface area contributed by atoms with Gasteiger partial charge < -0.3 is 102 Å². The molecule has 0 aliphatic heterocycles. The maximum atomic E-state index is 11.4. The summed E-state index contributed by atoms with van der Waals surface area (Å²) < 4.78 is 156. The second-order valence-corrected chi connectivity index (χ2v) is 33.6. The number of ketones is 1. The fourth-order valence-electron chi connectivity index (χ4n) is 6.48. The zero-order valence-corrected chi connectivity index (χ0v) is 84.7. The van der Waals surface area contributed by atoms with Gasteiger partial charge in [-0.25, -0.2) is 24.2 Å². The summed E-state index contributed by atoms with van der Waals surface area (Å²) in [4.78, 5) is 117. The molecular weight excluding hydrogens is 1840 g/mol. The van der Waals surface area contributed by atoms with Crippen molar-refractivity contribution in [2.45, 2.75) is 144 Å². The number of carbonyl (C=O) groups excluding carboxylic acids is 8. The van der Waals surface area contributed by atoms with E-state index in [9.17, 15) is 86.6 Å². The van der Waals surface area contributed by atoms with E-state index in [1.165, 1.54) is 81.9 Å². The standard InChI is InChI=1S/C10H16N2O3.C9H14N2O4.C9H19NO3.C8H16N2O3.C8H15NO4.2C6H15N.C5H13NO.C4H8O2.C2F6O5S2.CCl2O.2ClH.2Zn/c1-7-11-9(10(13)14-4)8(15-7)5-6-12(2)3;1-11(2)5-4-6-7(8(12)14-3)10-9(13)15-6;1-7(9(12)13-4)8(11)5-6-10(2)3;1-10(2)5-4-6(11)7(9)8(12)13-3;1-8(2,3)13-7(11)9-5-6(10)12-4;2*1-4-7(5-2)6-3;1-6(2)4-5-7-3;1-3-4(5)6-2;3-1(4,5)14(9,10)13-15(11,12)2(6,7)8;2-1(3)4;;;;/h5-6H2,1-4H3;4-5H2,1-3H3,(H,10,13);7-8,11H,5-6H2,1-4H3;7H,4-5,9H2,1-3H3;5H,1-4H3,(H2,9,10,11);2*4-6H2,1-3H3;4-5H2,1-3H3;3H2,1-2H3;;;2*1H;;/q;;;;;;;;;;;;;;+2/p-3. The minimum absolute atomic E-state index is 0. The van der Waals surface area contributed by atoms with Gasteiger partial charge in [-0.3, -0.25) is 29.0 Å². The largest absolute Gasteiger partial charge is 0 e. The van der Waals surface area contributed by atoms with Crippen LogP contribution in [-0.4, -0.2) is 345 Å². The second-order valence-electron chi connectivity index (χ2n) is 24.8. The zero-order valence-electron chi connectivity index (χ0n) is 74.1. The van der Waals surface area contributed by atoms with Gasteiger partial charge in [0, 0.05) is 91.9 Å². The molecule has 2 aromatic heterocycles. The van der Waals surface area contributed by atoms with Crippen LogP contribution in [0.5, 0.6) is 0 Å². The number of methoxy groups -OCH3 is 7. The number of aromatic amines is 1. The summed E-state index contributed by atoms with van der Waals surface area (Å²) in [5, 5.41) is 21.6. The van der Waals surface area contributed by atoms with Crippen LogP contribution < -0.4 is 11.5 Å². The van der Waals surface area contributed by atoms with Gasteiger partial charge in [-0.15, -0.1) is 3.63 Å². The molecule has 51 heteroatoms. The monoisotopic (exact) mass is 1960 g/mol. The average molecular weight is 1970 g/mol. The van der Waals surface area contributed by atoms with Crippen LogP contribution in [0, 0.1) is 12.8 Å². The molecule has 37 nitrogen and oxygen atoms in total. The number of aromatic nitrogens is 2. The number of likely N-dealkylation sites (N-methyl/N-ethyl adjacent to an activating group) is 3. The van der Waals surface area contributed by atoms with Gasteiger partial charge in [0.25, 0.3) is 5.95 Å². The molecule has 5 N–H and O–H groups in total. The Hall–Kier alpha value is -5.03. The van der Waals surface area contributed by atoms with Crippen LogP contribution in [0.4, 0.5) is 35.9 Å².